The summed E-state index contributed by atoms with van der Waals surface area (Å²) in [6, 6.07) is 14.3. The lowest BCUT2D eigenvalue weighted by atomic mass is 10.0. The average molecular weight is 353 g/mol. The molecular formula is C16H17BrO2S. The highest BCUT2D eigenvalue weighted by molar-refractivity contribution is 9.09. The number of methoxy groups -OCH3 is 2. The van der Waals surface area contributed by atoms with Crippen molar-refractivity contribution in [2.45, 2.75) is 9.72 Å². The van der Waals surface area contributed by atoms with Gasteiger partial charge in [0.15, 0.2) is 0 Å². The number of rotatable bonds is 5. The first-order valence-corrected chi connectivity index (χ1v) is 8.33. The molecule has 4 heteroatoms. The monoisotopic (exact) mass is 352 g/mol. The van der Waals surface area contributed by atoms with E-state index in [0.29, 0.717) is 0 Å². The Labute approximate surface area is 132 Å². The zero-order valence-electron chi connectivity index (χ0n) is 11.7. The van der Waals surface area contributed by atoms with Gasteiger partial charge >= 0.3 is 0 Å². The zero-order valence-corrected chi connectivity index (χ0v) is 14.1. The van der Waals surface area contributed by atoms with Gasteiger partial charge in [0, 0.05) is 10.5 Å². The van der Waals surface area contributed by atoms with Gasteiger partial charge in [-0.25, -0.2) is 0 Å². The molecule has 2 rings (SSSR count). The van der Waals surface area contributed by atoms with E-state index in [1.165, 1.54) is 10.5 Å². The molecule has 0 amide bonds. The van der Waals surface area contributed by atoms with Gasteiger partial charge in [-0.15, -0.1) is 11.8 Å². The fourth-order valence-corrected chi connectivity index (χ4v) is 3.06. The lowest BCUT2D eigenvalue weighted by Crippen LogP contribution is -1.98. The molecule has 0 aliphatic heterocycles. The Morgan fingerprint density at radius 1 is 1.00 bits per heavy atom. The van der Waals surface area contributed by atoms with Crippen LogP contribution < -0.4 is 9.47 Å². The SMILES string of the molecule is COc1ccc(OC)c(C(Br)c2ccc(SC)cc2)c1. The molecule has 0 aromatic heterocycles. The van der Waals surface area contributed by atoms with E-state index < -0.39 is 0 Å². The minimum Gasteiger partial charge on any atom is -0.497 e. The van der Waals surface area contributed by atoms with E-state index in [2.05, 4.69) is 46.5 Å². The second kappa shape index (κ2) is 7.04. The van der Waals surface area contributed by atoms with Crippen molar-refractivity contribution in [3.8, 4) is 11.5 Å². The van der Waals surface area contributed by atoms with Crippen molar-refractivity contribution in [3.05, 3.63) is 53.6 Å². The lowest BCUT2D eigenvalue weighted by molar-refractivity contribution is 0.399. The van der Waals surface area contributed by atoms with Crippen molar-refractivity contribution in [3.63, 3.8) is 0 Å². The largest absolute Gasteiger partial charge is 0.497 e. The highest BCUT2D eigenvalue weighted by Crippen LogP contribution is 2.38. The predicted octanol–water partition coefficient (Wildman–Crippen LogP) is 4.91. The van der Waals surface area contributed by atoms with E-state index in [1.54, 1.807) is 26.0 Å². The van der Waals surface area contributed by atoms with Crippen LogP contribution in [0.15, 0.2) is 47.4 Å². The van der Waals surface area contributed by atoms with Crippen LogP contribution in [-0.4, -0.2) is 20.5 Å². The topological polar surface area (TPSA) is 18.5 Å². The third kappa shape index (κ3) is 3.30. The molecule has 0 saturated carbocycles. The summed E-state index contributed by atoms with van der Waals surface area (Å²) in [6.45, 7) is 0. The molecule has 1 atom stereocenters. The Hall–Kier alpha value is -1.13. The first-order valence-electron chi connectivity index (χ1n) is 6.19. The van der Waals surface area contributed by atoms with E-state index in [9.17, 15) is 0 Å². The summed E-state index contributed by atoms with van der Waals surface area (Å²) in [5, 5.41) is 0. The van der Waals surface area contributed by atoms with Crippen LogP contribution in [0.3, 0.4) is 0 Å². The van der Waals surface area contributed by atoms with Crippen LogP contribution in [0.2, 0.25) is 0 Å². The molecule has 0 aliphatic carbocycles. The van der Waals surface area contributed by atoms with E-state index in [4.69, 9.17) is 9.47 Å². The number of benzene rings is 2. The molecule has 0 N–H and O–H groups in total. The Morgan fingerprint density at radius 2 is 1.70 bits per heavy atom. The van der Waals surface area contributed by atoms with Crippen molar-refractivity contribution < 1.29 is 9.47 Å². The minimum atomic E-state index is 0.0726. The predicted molar refractivity (Wildman–Crippen MR) is 88.5 cm³/mol. The van der Waals surface area contributed by atoms with Crippen molar-refractivity contribution >= 4 is 27.7 Å². The summed E-state index contributed by atoms with van der Waals surface area (Å²) in [5.41, 5.74) is 2.25. The second-order valence-corrected chi connectivity index (χ2v) is 6.04. The Balaban J connectivity index is 2.37. The van der Waals surface area contributed by atoms with Gasteiger partial charge in [-0.3, -0.25) is 0 Å². The van der Waals surface area contributed by atoms with Crippen LogP contribution in [0, 0.1) is 0 Å². The molecule has 20 heavy (non-hydrogen) atoms. The first kappa shape index (κ1) is 15.3. The molecule has 2 aromatic rings. The molecule has 0 saturated heterocycles. The van der Waals surface area contributed by atoms with Crippen LogP contribution in [0.25, 0.3) is 0 Å². The molecule has 1 unspecified atom stereocenters. The summed E-state index contributed by atoms with van der Waals surface area (Å²) in [7, 11) is 3.35. The number of halogens is 1. The van der Waals surface area contributed by atoms with Crippen LogP contribution in [0.4, 0.5) is 0 Å². The van der Waals surface area contributed by atoms with Crippen molar-refractivity contribution in [1.82, 2.24) is 0 Å². The quantitative estimate of drug-likeness (QED) is 0.562. The summed E-state index contributed by atoms with van der Waals surface area (Å²) in [4.78, 5) is 1.33. The van der Waals surface area contributed by atoms with Gasteiger partial charge in [0.05, 0.1) is 19.0 Å². The molecule has 0 fully saturated rings. The number of ether oxygens (including phenoxy) is 2. The number of alkyl halides is 1. The third-order valence-corrected chi connectivity index (χ3v) is 4.88. The van der Waals surface area contributed by atoms with Gasteiger partial charge in [0.25, 0.3) is 0 Å². The maximum Gasteiger partial charge on any atom is 0.123 e. The maximum atomic E-state index is 5.44. The van der Waals surface area contributed by atoms with E-state index in [0.717, 1.165) is 17.1 Å². The zero-order chi connectivity index (χ0) is 14.5. The molecule has 2 nitrogen and oxygen atoms in total. The number of thioether (sulfide) groups is 1. The normalized spacial score (nSPS) is 12.0. The summed E-state index contributed by atoms with van der Waals surface area (Å²) >= 11 is 5.49. The van der Waals surface area contributed by atoms with Gasteiger partial charge in [0.2, 0.25) is 0 Å². The molecular weight excluding hydrogens is 336 g/mol. The molecule has 0 radical (unpaired) electrons. The van der Waals surface area contributed by atoms with E-state index in [1.807, 2.05) is 18.2 Å². The standard InChI is InChI=1S/C16H17BrO2S/c1-18-12-6-9-15(19-2)14(10-12)16(17)11-4-7-13(20-3)8-5-11/h4-10,16H,1-3H3. The number of hydrogen-bond donors (Lipinski definition) is 0. The summed E-state index contributed by atoms with van der Waals surface area (Å²) in [5.74, 6) is 1.67. The van der Waals surface area contributed by atoms with Crippen LogP contribution in [-0.2, 0) is 0 Å². The highest BCUT2D eigenvalue weighted by Gasteiger charge is 2.16. The van der Waals surface area contributed by atoms with Gasteiger partial charge in [-0.2, -0.15) is 0 Å². The van der Waals surface area contributed by atoms with Gasteiger partial charge in [0.1, 0.15) is 11.5 Å². The third-order valence-electron chi connectivity index (χ3n) is 3.12. The molecule has 0 bridgehead atoms. The number of hydrogen-bond acceptors (Lipinski definition) is 3. The Kier molecular flexibility index (Phi) is 5.38. The Bertz CT molecular complexity index is 569. The smallest absolute Gasteiger partial charge is 0.123 e. The summed E-state index contributed by atoms with van der Waals surface area (Å²) < 4.78 is 10.7. The fraction of sp³-hybridized carbons (Fsp3) is 0.250. The molecule has 0 aliphatic rings. The molecule has 106 valence electrons. The second-order valence-electron chi connectivity index (χ2n) is 4.24. The Morgan fingerprint density at radius 3 is 2.25 bits per heavy atom. The van der Waals surface area contributed by atoms with Crippen molar-refractivity contribution in [1.29, 1.82) is 0 Å². The molecule has 0 heterocycles. The van der Waals surface area contributed by atoms with Gasteiger partial charge < -0.3 is 9.47 Å². The summed E-state index contributed by atoms with van der Waals surface area (Å²) in [6.07, 6.45) is 2.08. The first-order chi connectivity index (χ1) is 9.69. The lowest BCUT2D eigenvalue weighted by Gasteiger charge is -2.16. The van der Waals surface area contributed by atoms with Gasteiger partial charge in [-0.05, 0) is 42.2 Å². The van der Waals surface area contributed by atoms with Crippen LogP contribution >= 0.6 is 27.7 Å². The van der Waals surface area contributed by atoms with Crippen molar-refractivity contribution in [2.24, 2.45) is 0 Å². The van der Waals surface area contributed by atoms with Gasteiger partial charge in [-0.1, -0.05) is 28.1 Å². The molecule has 2 aromatic carbocycles. The fourth-order valence-electron chi connectivity index (χ4n) is 1.99. The van der Waals surface area contributed by atoms with Crippen LogP contribution in [0.5, 0.6) is 11.5 Å². The van der Waals surface area contributed by atoms with E-state index in [-0.39, 0.29) is 4.83 Å². The average Bonchev–Trinajstić information content (AvgIpc) is 2.53. The van der Waals surface area contributed by atoms with Crippen LogP contribution in [0.1, 0.15) is 16.0 Å². The maximum absolute atomic E-state index is 5.44. The van der Waals surface area contributed by atoms with Crippen molar-refractivity contribution in [2.75, 3.05) is 20.5 Å². The highest BCUT2D eigenvalue weighted by atomic mass is 79.9. The minimum absolute atomic E-state index is 0.0726. The molecule has 0 spiro atoms. The van der Waals surface area contributed by atoms with E-state index >= 15 is 0 Å².